The molecule has 0 aromatic heterocycles. The molecule has 0 spiro atoms. The van der Waals surface area contributed by atoms with E-state index in [9.17, 15) is 15.0 Å². The Morgan fingerprint density at radius 1 is 0.812 bits per heavy atom. The number of hydrogen-bond acceptors (Lipinski definition) is 8. The Balaban J connectivity index is 1.55. The summed E-state index contributed by atoms with van der Waals surface area (Å²) in [6.45, 7) is 0. The number of benzene rings is 3. The molecule has 0 fully saturated rings. The number of nitrogens with one attached hydrogen (secondary N) is 2. The van der Waals surface area contributed by atoms with Crippen molar-refractivity contribution in [1.82, 2.24) is 5.43 Å². The van der Waals surface area contributed by atoms with E-state index in [0.29, 0.717) is 28.3 Å². The van der Waals surface area contributed by atoms with Crippen LogP contribution in [0.5, 0.6) is 23.0 Å². The van der Waals surface area contributed by atoms with Crippen LogP contribution in [-0.2, 0) is 0 Å². The summed E-state index contributed by atoms with van der Waals surface area (Å²) >= 11 is 0. The number of phenols is 2. The Bertz CT molecular complexity index is 1140. The van der Waals surface area contributed by atoms with Gasteiger partial charge in [-0.3, -0.25) is 10.2 Å². The van der Waals surface area contributed by atoms with Crippen LogP contribution in [-0.4, -0.2) is 42.8 Å². The minimum atomic E-state index is -0.377. The van der Waals surface area contributed by atoms with Crippen LogP contribution in [0.15, 0.2) is 70.9 Å². The number of rotatable bonds is 8. The van der Waals surface area contributed by atoms with E-state index in [0.717, 1.165) is 5.56 Å². The van der Waals surface area contributed by atoms with Gasteiger partial charge in [0.1, 0.15) is 0 Å². The van der Waals surface area contributed by atoms with Crippen molar-refractivity contribution < 1.29 is 24.5 Å². The van der Waals surface area contributed by atoms with Crippen LogP contribution in [0.3, 0.4) is 0 Å². The van der Waals surface area contributed by atoms with Gasteiger partial charge in [0, 0.05) is 5.56 Å². The van der Waals surface area contributed by atoms with Gasteiger partial charge in [0.2, 0.25) is 0 Å². The number of methoxy groups -OCH3 is 2. The molecule has 3 aromatic carbocycles. The number of anilines is 1. The van der Waals surface area contributed by atoms with Crippen LogP contribution in [0.2, 0.25) is 0 Å². The molecule has 0 aliphatic rings. The summed E-state index contributed by atoms with van der Waals surface area (Å²) in [6.07, 6.45) is 3.03. The zero-order valence-electron chi connectivity index (χ0n) is 17.4. The lowest BCUT2D eigenvalue weighted by Gasteiger charge is -2.05. The summed E-state index contributed by atoms with van der Waals surface area (Å²) in [5, 5.41) is 27.3. The average molecular weight is 434 g/mol. The van der Waals surface area contributed by atoms with Gasteiger partial charge in [-0.1, -0.05) is 0 Å². The normalized spacial score (nSPS) is 10.9. The van der Waals surface area contributed by atoms with Crippen molar-refractivity contribution in [3.05, 3.63) is 77.4 Å². The van der Waals surface area contributed by atoms with E-state index in [2.05, 4.69) is 21.1 Å². The summed E-state index contributed by atoms with van der Waals surface area (Å²) in [5.74, 6) is 0.374. The average Bonchev–Trinajstić information content (AvgIpc) is 2.81. The fourth-order valence-corrected chi connectivity index (χ4v) is 2.66. The first-order chi connectivity index (χ1) is 15.5. The second kappa shape index (κ2) is 10.5. The molecule has 9 heteroatoms. The molecule has 9 nitrogen and oxygen atoms in total. The Morgan fingerprint density at radius 3 is 1.88 bits per heavy atom. The highest BCUT2D eigenvalue weighted by atomic mass is 16.5. The van der Waals surface area contributed by atoms with E-state index in [4.69, 9.17) is 9.47 Å². The molecule has 0 radical (unpaired) electrons. The molecular weight excluding hydrogens is 412 g/mol. The van der Waals surface area contributed by atoms with Gasteiger partial charge in [0.25, 0.3) is 5.91 Å². The number of ether oxygens (including phenoxy) is 2. The molecule has 0 aliphatic carbocycles. The molecule has 1 amide bonds. The largest absolute Gasteiger partial charge is 0.504 e. The van der Waals surface area contributed by atoms with Crippen molar-refractivity contribution >= 4 is 24.0 Å². The molecule has 0 saturated heterocycles. The van der Waals surface area contributed by atoms with Gasteiger partial charge < -0.3 is 19.7 Å². The Kier molecular flexibility index (Phi) is 7.26. The van der Waals surface area contributed by atoms with E-state index in [-0.39, 0.29) is 17.4 Å². The number of amides is 1. The number of phenolic OH excluding ortho intramolecular Hbond substituents is 2. The fourth-order valence-electron chi connectivity index (χ4n) is 2.66. The molecule has 3 aromatic rings. The molecule has 32 heavy (non-hydrogen) atoms. The van der Waals surface area contributed by atoms with Crippen molar-refractivity contribution in [3.8, 4) is 23.0 Å². The summed E-state index contributed by atoms with van der Waals surface area (Å²) < 4.78 is 10.1. The quantitative estimate of drug-likeness (QED) is 0.318. The lowest BCUT2D eigenvalue weighted by molar-refractivity contribution is 0.0955. The number of aromatic hydroxyl groups is 2. The van der Waals surface area contributed by atoms with Gasteiger partial charge >= 0.3 is 0 Å². The monoisotopic (exact) mass is 434 g/mol. The molecule has 3 rings (SSSR count). The molecule has 0 saturated carbocycles. The van der Waals surface area contributed by atoms with E-state index in [1.165, 1.54) is 32.6 Å². The van der Waals surface area contributed by atoms with E-state index in [1.54, 1.807) is 54.7 Å². The predicted octanol–water partition coefficient (Wildman–Crippen LogP) is 3.32. The van der Waals surface area contributed by atoms with E-state index < -0.39 is 0 Å². The van der Waals surface area contributed by atoms with Crippen LogP contribution >= 0.6 is 0 Å². The summed E-state index contributed by atoms with van der Waals surface area (Å²) in [5.41, 5.74) is 7.81. The maximum Gasteiger partial charge on any atom is 0.271 e. The number of carbonyl (C=O) groups excluding carboxylic acids is 1. The van der Waals surface area contributed by atoms with Crippen LogP contribution in [0.4, 0.5) is 5.69 Å². The van der Waals surface area contributed by atoms with Gasteiger partial charge in [0.05, 0.1) is 32.3 Å². The lowest BCUT2D eigenvalue weighted by Crippen LogP contribution is -2.17. The third-order valence-electron chi connectivity index (χ3n) is 4.34. The summed E-state index contributed by atoms with van der Waals surface area (Å²) in [7, 11) is 2.92. The third kappa shape index (κ3) is 5.76. The highest BCUT2D eigenvalue weighted by Crippen LogP contribution is 2.26. The minimum absolute atomic E-state index is 0.0227. The Morgan fingerprint density at radius 2 is 1.34 bits per heavy atom. The second-order valence-corrected chi connectivity index (χ2v) is 6.51. The topological polar surface area (TPSA) is 125 Å². The van der Waals surface area contributed by atoms with Crippen molar-refractivity contribution in [2.45, 2.75) is 0 Å². The molecule has 164 valence electrons. The van der Waals surface area contributed by atoms with E-state index >= 15 is 0 Å². The molecular formula is C23H22N4O5. The lowest BCUT2D eigenvalue weighted by atomic mass is 10.2. The van der Waals surface area contributed by atoms with Gasteiger partial charge in [-0.15, -0.1) is 0 Å². The first kappa shape index (κ1) is 22.2. The van der Waals surface area contributed by atoms with Crippen LogP contribution in [0.25, 0.3) is 0 Å². The molecule has 0 aliphatic heterocycles. The van der Waals surface area contributed by atoms with Crippen LogP contribution in [0, 0.1) is 0 Å². The zero-order chi connectivity index (χ0) is 22.9. The first-order valence-corrected chi connectivity index (χ1v) is 9.46. The first-order valence-electron chi connectivity index (χ1n) is 9.46. The van der Waals surface area contributed by atoms with Gasteiger partial charge in [-0.25, -0.2) is 5.43 Å². The van der Waals surface area contributed by atoms with Crippen LogP contribution in [0.1, 0.15) is 21.5 Å². The highest BCUT2D eigenvalue weighted by Gasteiger charge is 2.05. The maximum atomic E-state index is 12.2. The van der Waals surface area contributed by atoms with Crippen molar-refractivity contribution in [2.75, 3.05) is 19.6 Å². The van der Waals surface area contributed by atoms with Gasteiger partial charge in [-0.05, 0) is 71.8 Å². The van der Waals surface area contributed by atoms with Crippen molar-refractivity contribution in [3.63, 3.8) is 0 Å². The minimum Gasteiger partial charge on any atom is -0.504 e. The molecule has 0 heterocycles. The maximum absolute atomic E-state index is 12.2. The van der Waals surface area contributed by atoms with E-state index in [1.807, 2.05) is 0 Å². The number of nitrogens with zero attached hydrogens (tertiary/aromatic N) is 2. The molecule has 0 atom stereocenters. The summed E-state index contributed by atoms with van der Waals surface area (Å²) in [4.78, 5) is 12.2. The van der Waals surface area contributed by atoms with Gasteiger partial charge in [0.15, 0.2) is 23.0 Å². The Hall–Kier alpha value is -4.53. The summed E-state index contributed by atoms with van der Waals surface area (Å²) in [6, 6.07) is 16.3. The number of hydrogen-bond donors (Lipinski definition) is 4. The molecule has 0 unspecified atom stereocenters. The van der Waals surface area contributed by atoms with Crippen LogP contribution < -0.4 is 20.3 Å². The standard InChI is InChI=1S/C23H22N4O5/c1-31-21-11-15(3-9-19(21)28)13-24-26-18-7-5-17(6-8-18)23(30)27-25-14-16-4-10-20(29)22(12-16)32-2/h3-14,26,28-29H,1-2H3,(H,27,30)/b24-13+,25-14+. The number of carbonyl (C=O) groups is 1. The molecule has 0 bridgehead atoms. The highest BCUT2D eigenvalue weighted by molar-refractivity contribution is 5.95. The Labute approximate surface area is 184 Å². The smallest absolute Gasteiger partial charge is 0.271 e. The predicted molar refractivity (Wildman–Crippen MR) is 122 cm³/mol. The molecule has 4 N–H and O–H groups in total. The van der Waals surface area contributed by atoms with Crippen molar-refractivity contribution in [1.29, 1.82) is 0 Å². The fraction of sp³-hybridized carbons (Fsp3) is 0.0870. The number of hydrazone groups is 2. The zero-order valence-corrected chi connectivity index (χ0v) is 17.4. The SMILES string of the molecule is COc1cc(/C=N/NC(=O)c2ccc(N/N=C/c3ccc(O)c(OC)c3)cc2)ccc1O. The van der Waals surface area contributed by atoms with Crippen molar-refractivity contribution in [2.24, 2.45) is 10.2 Å². The second-order valence-electron chi connectivity index (χ2n) is 6.51. The third-order valence-corrected chi connectivity index (χ3v) is 4.34. The van der Waals surface area contributed by atoms with Gasteiger partial charge in [-0.2, -0.15) is 10.2 Å².